The molecule has 3 aliphatic rings. The molecule has 9 rings (SSSR count). The Bertz CT molecular complexity index is 3750. The number of amides is 1. The number of thioether (sulfide) groups is 1. The minimum atomic E-state index is -2.92. The second-order valence-electron chi connectivity index (χ2n) is 27.6. The maximum atomic E-state index is 15.7. The Hall–Kier alpha value is -7.77. The van der Waals surface area contributed by atoms with Gasteiger partial charge in [-0.1, -0.05) is 189 Å². The van der Waals surface area contributed by atoms with Gasteiger partial charge in [0.05, 0.1) is 59.4 Å². The van der Waals surface area contributed by atoms with Gasteiger partial charge in [0.15, 0.2) is 24.8 Å². The van der Waals surface area contributed by atoms with E-state index in [1.54, 1.807) is 6.07 Å². The Kier molecular flexibility index (Phi) is 31.0. The van der Waals surface area contributed by atoms with Crippen molar-refractivity contribution in [3.63, 3.8) is 0 Å². The van der Waals surface area contributed by atoms with Crippen LogP contribution in [0.4, 0.5) is 0 Å². The van der Waals surface area contributed by atoms with Crippen molar-refractivity contribution in [1.82, 2.24) is 5.32 Å². The highest BCUT2D eigenvalue weighted by Gasteiger charge is 2.66. The van der Waals surface area contributed by atoms with Crippen molar-refractivity contribution in [3.8, 4) is 0 Å². The third kappa shape index (κ3) is 23.6. The first kappa shape index (κ1) is 82.3. The summed E-state index contributed by atoms with van der Waals surface area (Å²) in [7, 11) is -0.667. The first-order valence-electron chi connectivity index (χ1n) is 35.4. The molecular weight excluding hydrogens is 1400 g/mol. The van der Waals surface area contributed by atoms with Crippen molar-refractivity contribution in [3.05, 3.63) is 209 Å². The number of carbonyl (C=O) groups is 6. The summed E-state index contributed by atoms with van der Waals surface area (Å²) in [6.45, 7) is 14.7. The van der Waals surface area contributed by atoms with E-state index in [0.29, 0.717) is 22.6 Å². The van der Waals surface area contributed by atoms with Gasteiger partial charge in [0.2, 0.25) is 5.91 Å². The molecule has 6 aromatic carbocycles. The van der Waals surface area contributed by atoms with Crippen molar-refractivity contribution in [2.75, 3.05) is 33.5 Å². The summed E-state index contributed by atoms with van der Waals surface area (Å²) in [4.78, 5) is 83.0. The summed E-state index contributed by atoms with van der Waals surface area (Å²) >= 11 is 0.957. The van der Waals surface area contributed by atoms with Gasteiger partial charge in [-0.3, -0.25) is 24.0 Å². The molecule has 17 atom stereocenters. The van der Waals surface area contributed by atoms with Crippen LogP contribution in [0.3, 0.4) is 0 Å². The van der Waals surface area contributed by atoms with E-state index in [9.17, 15) is 29.1 Å². The average Bonchev–Trinajstić information content (AvgIpc) is 0.729. The number of benzene rings is 6. The van der Waals surface area contributed by atoms with Crippen molar-refractivity contribution in [1.29, 1.82) is 0 Å². The summed E-state index contributed by atoms with van der Waals surface area (Å²) in [5, 5.41) is 14.6. The van der Waals surface area contributed by atoms with Crippen molar-refractivity contribution < 1.29 is 110 Å². The fraction of sp³-hybridized carbons (Fsp3) is 0.475. The SMILES string of the molecule is COC(=O)[C@]1(OC[C@H]2O[C@@H](O[C@H]3[C@H](OCc4ccccc4)[C@@H](OCc4ccccc4)[C@H](OCC[Si](C)(C)C)O[C@@H]3COCc3ccccc3)[C@H](OCc3ccccc3)[C@@H](OCc3ccccc3)[C@H]2O)O[C@@H]([C@H](OC(C)=O)[C@@H](COC(C)=O)OC(C)=O)[C@H](NC(C)=O)[C@@H](OC(C)=O)[C@@H]1Sc1ccc(C)cc1C. The van der Waals surface area contributed by atoms with Crippen molar-refractivity contribution in [2.45, 2.75) is 215 Å². The number of esters is 5. The van der Waals surface area contributed by atoms with Gasteiger partial charge in [-0.05, 0) is 59.3 Å². The molecule has 1 amide bonds. The van der Waals surface area contributed by atoms with Crippen LogP contribution in [0.2, 0.25) is 25.7 Å². The number of methoxy groups -OCH3 is 1. The summed E-state index contributed by atoms with van der Waals surface area (Å²) in [5.74, 6) is -8.60. The number of nitrogens with one attached hydrogen (secondary N) is 1. The topological polar surface area (TPSA) is 282 Å². The van der Waals surface area contributed by atoms with Gasteiger partial charge < -0.3 is 86.2 Å². The fourth-order valence-electron chi connectivity index (χ4n) is 12.7. The highest BCUT2D eigenvalue weighted by atomic mass is 32.2. The maximum Gasteiger partial charge on any atom is 0.368 e. The molecule has 0 aliphatic carbocycles. The molecule has 0 unspecified atom stereocenters. The standard InChI is InChI=1S/C80H99NO23SSi/c1-50-37-38-65(51(2)41-50)105-76-71(100-56(7)86)66(81-52(3)82)70(68(99-55(6)85)64(98-54(5)84)48-92-53(4)83)104-80(76,79(88)89-8)97-49-62-67(87)72(93-43-58-29-19-13-20-30-58)74(95-45-60-33-23-15-24-34-60)78(101-62)103-69-63(47-90-42-57-27-17-12-18-28-57)102-77(91-39-40-106(9,10)11)75(96-46-61-35-25-16-26-36-61)73(69)94-44-59-31-21-14-22-32-59/h12-38,41,62-64,66-78,87H,39-40,42-49H2,1-11H3,(H,81,82)/t62-,63-,64-,66+,67+,68-,69-,70-,71-,72+,73+,74-,75-,76+,77-,78+,80-/m1/s1. The third-order valence-electron chi connectivity index (χ3n) is 17.8. The molecule has 0 aromatic heterocycles. The summed E-state index contributed by atoms with van der Waals surface area (Å²) < 4.78 is 107. The number of aryl methyl sites for hydroxylation is 2. The van der Waals surface area contributed by atoms with Crippen LogP contribution in [0.1, 0.15) is 73.6 Å². The smallest absolute Gasteiger partial charge is 0.368 e. The van der Waals surface area contributed by atoms with E-state index in [0.717, 1.165) is 80.4 Å². The van der Waals surface area contributed by atoms with Crippen LogP contribution in [0.15, 0.2) is 175 Å². The van der Waals surface area contributed by atoms with E-state index in [1.807, 2.05) is 178 Å². The highest BCUT2D eigenvalue weighted by molar-refractivity contribution is 8.00. The second kappa shape index (κ2) is 39.9. The fourth-order valence-corrected chi connectivity index (χ4v) is 14.9. The molecule has 24 nitrogen and oxygen atoms in total. The number of aliphatic hydroxyl groups is 1. The predicted molar refractivity (Wildman–Crippen MR) is 391 cm³/mol. The lowest BCUT2D eigenvalue weighted by molar-refractivity contribution is -0.380. The van der Waals surface area contributed by atoms with E-state index >= 15 is 4.79 Å². The van der Waals surface area contributed by atoms with Gasteiger partial charge in [0.1, 0.15) is 72.9 Å². The van der Waals surface area contributed by atoms with Crippen LogP contribution < -0.4 is 5.32 Å². The van der Waals surface area contributed by atoms with Gasteiger partial charge in [0.25, 0.3) is 5.79 Å². The Morgan fingerprint density at radius 2 is 1.06 bits per heavy atom. The van der Waals surface area contributed by atoms with Gasteiger partial charge in [-0.25, -0.2) is 4.79 Å². The lowest BCUT2D eigenvalue weighted by Crippen LogP contribution is -2.75. The quantitative estimate of drug-likeness (QED) is 0.0210. The zero-order valence-corrected chi connectivity index (χ0v) is 63.6. The molecular formula is C80H99NO23SSi. The molecule has 0 bridgehead atoms. The first-order chi connectivity index (χ1) is 50.9. The Morgan fingerprint density at radius 3 is 1.54 bits per heavy atom. The van der Waals surface area contributed by atoms with E-state index in [-0.39, 0.29) is 39.6 Å². The zero-order valence-electron chi connectivity index (χ0n) is 61.8. The van der Waals surface area contributed by atoms with Crippen LogP contribution in [0, 0.1) is 13.8 Å². The number of carbonyl (C=O) groups excluding carboxylic acids is 6. The Labute approximate surface area is 624 Å². The van der Waals surface area contributed by atoms with E-state index in [4.69, 9.17) is 75.8 Å². The van der Waals surface area contributed by atoms with Gasteiger partial charge in [-0.2, -0.15) is 0 Å². The molecule has 0 saturated carbocycles. The number of aliphatic hydroxyl groups excluding tert-OH is 1. The van der Waals surface area contributed by atoms with Crippen molar-refractivity contribution >= 4 is 55.6 Å². The molecule has 572 valence electrons. The summed E-state index contributed by atoms with van der Waals surface area (Å²) in [6.07, 6.45) is -20.6. The molecule has 26 heteroatoms. The molecule has 0 radical (unpaired) electrons. The van der Waals surface area contributed by atoms with Gasteiger partial charge in [0, 0.05) is 54.2 Å². The predicted octanol–water partition coefficient (Wildman–Crippen LogP) is 10.0. The van der Waals surface area contributed by atoms with E-state index < -0.39 is 160 Å². The number of rotatable bonds is 36. The van der Waals surface area contributed by atoms with Gasteiger partial charge in [-0.15, -0.1) is 11.8 Å². The first-order valence-corrected chi connectivity index (χ1v) is 40.0. The lowest BCUT2D eigenvalue weighted by Gasteiger charge is -2.53. The minimum Gasteiger partial charge on any atom is -0.465 e. The molecule has 3 fully saturated rings. The number of hydrogen-bond acceptors (Lipinski definition) is 24. The van der Waals surface area contributed by atoms with Crippen molar-refractivity contribution in [2.24, 2.45) is 0 Å². The minimum absolute atomic E-state index is 0.0476. The monoisotopic (exact) mass is 1500 g/mol. The van der Waals surface area contributed by atoms with Crippen LogP contribution in [-0.2, 0) is 138 Å². The summed E-state index contributed by atoms with van der Waals surface area (Å²) in [5.41, 5.74) is 5.55. The molecule has 2 N–H and O–H groups in total. The molecule has 3 saturated heterocycles. The largest absolute Gasteiger partial charge is 0.465 e. The third-order valence-corrected chi connectivity index (χ3v) is 21.1. The number of ether oxygens (including phenoxy) is 16. The number of hydrogen-bond donors (Lipinski definition) is 2. The highest BCUT2D eigenvalue weighted by Crippen LogP contribution is 2.47. The molecule has 3 heterocycles. The average molecular weight is 1500 g/mol. The molecule has 0 spiro atoms. The van der Waals surface area contributed by atoms with Crippen LogP contribution >= 0.6 is 11.8 Å². The normalized spacial score (nSPS) is 25.8. The Balaban J connectivity index is 1.23. The van der Waals surface area contributed by atoms with Crippen LogP contribution in [-0.4, -0.2) is 185 Å². The zero-order chi connectivity index (χ0) is 75.9. The van der Waals surface area contributed by atoms with E-state index in [1.165, 1.54) is 6.92 Å². The van der Waals surface area contributed by atoms with Gasteiger partial charge >= 0.3 is 29.8 Å². The Morgan fingerprint density at radius 1 is 0.557 bits per heavy atom. The molecule has 106 heavy (non-hydrogen) atoms. The van der Waals surface area contributed by atoms with Crippen LogP contribution in [0.5, 0.6) is 0 Å². The van der Waals surface area contributed by atoms with Crippen LogP contribution in [0.25, 0.3) is 0 Å². The summed E-state index contributed by atoms with van der Waals surface area (Å²) in [6, 6.07) is 52.1. The second-order valence-corrected chi connectivity index (χ2v) is 34.4. The van der Waals surface area contributed by atoms with E-state index in [2.05, 4.69) is 25.0 Å². The maximum absolute atomic E-state index is 15.7. The molecule has 6 aromatic rings. The molecule has 3 aliphatic heterocycles. The lowest BCUT2D eigenvalue weighted by atomic mass is 9.87.